The van der Waals surface area contributed by atoms with Crippen molar-refractivity contribution >= 4 is 29.4 Å². The number of aryl methyl sites for hydroxylation is 1. The van der Waals surface area contributed by atoms with Gasteiger partial charge in [-0.15, -0.1) is 0 Å². The second-order valence-electron chi connectivity index (χ2n) is 11.7. The Kier molecular flexibility index (Phi) is 10.8. The quantitative estimate of drug-likeness (QED) is 0.219. The van der Waals surface area contributed by atoms with Crippen molar-refractivity contribution < 1.29 is 41.9 Å². The number of benzene rings is 1. The highest BCUT2D eigenvalue weighted by atomic mass is 19.4. The van der Waals surface area contributed by atoms with E-state index in [2.05, 4.69) is 17.2 Å². The summed E-state index contributed by atoms with van der Waals surface area (Å²) in [4.78, 5) is 65.3. The van der Waals surface area contributed by atoms with Gasteiger partial charge in [-0.25, -0.2) is 0 Å². The molecule has 2 heterocycles. The fourth-order valence-electron chi connectivity index (χ4n) is 5.13. The van der Waals surface area contributed by atoms with E-state index in [0.29, 0.717) is 12.0 Å². The lowest BCUT2D eigenvalue weighted by Gasteiger charge is -2.26. The summed E-state index contributed by atoms with van der Waals surface area (Å²) in [7, 11) is 0. The van der Waals surface area contributed by atoms with Crippen LogP contribution in [0, 0.1) is 5.92 Å². The predicted molar refractivity (Wildman–Crippen MR) is 150 cm³/mol. The first-order valence-corrected chi connectivity index (χ1v) is 14.2. The topological polar surface area (TPSA) is 137 Å². The summed E-state index contributed by atoms with van der Waals surface area (Å²) in [6.45, 7) is 10.8. The van der Waals surface area contributed by atoms with Crippen molar-refractivity contribution in [2.24, 2.45) is 5.92 Å². The van der Waals surface area contributed by atoms with Crippen molar-refractivity contribution in [2.75, 3.05) is 13.2 Å². The Bertz CT molecular complexity index is 1230. The van der Waals surface area contributed by atoms with E-state index in [1.165, 1.54) is 4.90 Å². The molecule has 2 aliphatic heterocycles. The van der Waals surface area contributed by atoms with Gasteiger partial charge in [-0.1, -0.05) is 50.8 Å². The molecule has 0 aliphatic carbocycles. The van der Waals surface area contributed by atoms with Crippen LogP contribution >= 0.6 is 0 Å². The van der Waals surface area contributed by atoms with E-state index < -0.39 is 66.1 Å². The number of hydrogen-bond acceptors (Lipinski definition) is 6. The third-order valence-electron chi connectivity index (χ3n) is 7.64. The average Bonchev–Trinajstić information content (AvgIpc) is 3.70. The minimum Gasteiger partial charge on any atom is -0.356 e. The molecule has 43 heavy (non-hydrogen) atoms. The van der Waals surface area contributed by atoms with Gasteiger partial charge >= 0.3 is 12.1 Å². The van der Waals surface area contributed by atoms with Crippen molar-refractivity contribution in [3.8, 4) is 0 Å². The zero-order valence-electron chi connectivity index (χ0n) is 24.8. The molecule has 1 aromatic rings. The summed E-state index contributed by atoms with van der Waals surface area (Å²) >= 11 is 0. The number of amides is 4. The van der Waals surface area contributed by atoms with Crippen LogP contribution in [0.15, 0.2) is 42.5 Å². The largest absolute Gasteiger partial charge is 0.471 e. The Hall–Kier alpha value is -3.74. The van der Waals surface area contributed by atoms with Crippen molar-refractivity contribution in [2.45, 2.75) is 89.3 Å². The van der Waals surface area contributed by atoms with Gasteiger partial charge in [0.2, 0.25) is 17.7 Å². The second kappa shape index (κ2) is 13.7. The van der Waals surface area contributed by atoms with E-state index in [1.807, 2.05) is 13.8 Å². The maximum atomic E-state index is 13.2. The van der Waals surface area contributed by atoms with Crippen LogP contribution in [-0.2, 0) is 35.1 Å². The molecule has 0 saturated carbocycles. The van der Waals surface area contributed by atoms with Crippen LogP contribution in [0.2, 0.25) is 0 Å². The highest BCUT2D eigenvalue weighted by molar-refractivity contribution is 6.00. The summed E-state index contributed by atoms with van der Waals surface area (Å²) < 4.78 is 44.3. The summed E-state index contributed by atoms with van der Waals surface area (Å²) in [5.74, 6) is -4.63. The van der Waals surface area contributed by atoms with E-state index >= 15 is 0 Å². The Morgan fingerprint density at radius 3 is 2.28 bits per heavy atom. The summed E-state index contributed by atoms with van der Waals surface area (Å²) in [6, 6.07) is 4.69. The molecule has 0 spiro atoms. The number of Topliss-reactive ketones (excluding diaryl/α,β-unsaturated/α-hetero) is 1. The average molecular weight is 609 g/mol. The van der Waals surface area contributed by atoms with Gasteiger partial charge in [0.25, 0.3) is 0 Å². The van der Waals surface area contributed by atoms with Crippen LogP contribution in [-0.4, -0.2) is 83.4 Å². The second-order valence-corrected chi connectivity index (χ2v) is 11.7. The highest BCUT2D eigenvalue weighted by Gasteiger charge is 2.55. The first kappa shape index (κ1) is 33.8. The van der Waals surface area contributed by atoms with Gasteiger partial charge in [0.15, 0.2) is 11.4 Å². The molecule has 3 rings (SSSR count). The zero-order chi connectivity index (χ0) is 32.1. The number of epoxide rings is 1. The van der Waals surface area contributed by atoms with Gasteiger partial charge in [-0.05, 0) is 56.6 Å². The normalized spacial score (nSPS) is 23.0. The van der Waals surface area contributed by atoms with Gasteiger partial charge in [-0.3, -0.25) is 24.0 Å². The number of nitrogens with one attached hydrogen (secondary N) is 3. The molecule has 2 saturated heterocycles. The van der Waals surface area contributed by atoms with E-state index in [1.54, 1.807) is 49.5 Å². The molecule has 3 N–H and O–H groups in total. The maximum Gasteiger partial charge on any atom is 0.471 e. The Morgan fingerprint density at radius 2 is 1.74 bits per heavy atom. The van der Waals surface area contributed by atoms with Crippen molar-refractivity contribution in [1.29, 1.82) is 0 Å². The van der Waals surface area contributed by atoms with E-state index in [4.69, 9.17) is 4.74 Å². The maximum absolute atomic E-state index is 13.2. The molecule has 2 fully saturated rings. The van der Waals surface area contributed by atoms with Gasteiger partial charge in [-0.2, -0.15) is 13.2 Å². The third-order valence-corrected chi connectivity index (χ3v) is 7.64. The van der Waals surface area contributed by atoms with Crippen LogP contribution < -0.4 is 16.0 Å². The van der Waals surface area contributed by atoms with Gasteiger partial charge in [0.05, 0.1) is 19.2 Å². The molecule has 0 radical (unpaired) electrons. The molecule has 1 unspecified atom stereocenters. The van der Waals surface area contributed by atoms with Gasteiger partial charge in [0, 0.05) is 6.04 Å². The summed E-state index contributed by atoms with van der Waals surface area (Å²) in [6.07, 6.45) is -4.69. The highest BCUT2D eigenvalue weighted by Crippen LogP contribution is 2.36. The predicted octanol–water partition coefficient (Wildman–Crippen LogP) is 2.22. The number of hydrogen-bond donors (Lipinski definition) is 3. The fraction of sp³-hybridized carbons (Fsp3) is 0.567. The molecule has 0 bridgehead atoms. The molecular formula is C30H39F3N4O6. The lowest BCUT2D eigenvalue weighted by molar-refractivity contribution is -0.174. The molecule has 0 aromatic heterocycles. The molecule has 1 aromatic carbocycles. The number of carbonyl (C=O) groups is 5. The number of likely N-dealkylation sites (tertiary alicyclic amines) is 1. The van der Waals surface area contributed by atoms with Crippen LogP contribution in [0.1, 0.15) is 52.5 Å². The van der Waals surface area contributed by atoms with E-state index in [-0.39, 0.29) is 37.6 Å². The Labute approximate surface area is 248 Å². The van der Waals surface area contributed by atoms with E-state index in [0.717, 1.165) is 5.56 Å². The smallest absolute Gasteiger partial charge is 0.356 e. The van der Waals surface area contributed by atoms with Crippen LogP contribution in [0.4, 0.5) is 13.2 Å². The standard InChI is InChI=1S/C30H39F3N4O6/c1-17(2)13-22(25(39)29(16-43-29)18(3)4)34-24(38)15-37-19(5)14-23(27(37)41)35-26(40)21(36-28(42)30(31,32)33)12-11-20-9-7-6-8-10-20/h6-10,17,19,21-23H,3,11-16H2,1-2,4-5H3,(H,34,38)(H,35,40)(H,36,42)/t19?,21-,22-,23-,29-/m0/s1. The number of halogens is 3. The van der Waals surface area contributed by atoms with Crippen LogP contribution in [0.25, 0.3) is 0 Å². The van der Waals surface area contributed by atoms with Gasteiger partial charge < -0.3 is 25.6 Å². The lowest BCUT2D eigenvalue weighted by Crippen LogP contribution is -2.54. The Morgan fingerprint density at radius 1 is 1.12 bits per heavy atom. The molecule has 2 aliphatic rings. The number of ketones is 1. The monoisotopic (exact) mass is 608 g/mol. The first-order chi connectivity index (χ1) is 20.0. The summed E-state index contributed by atoms with van der Waals surface area (Å²) in [5.41, 5.74) is 0.161. The minimum atomic E-state index is -5.20. The minimum absolute atomic E-state index is 0.0646. The molecule has 10 nitrogen and oxygen atoms in total. The molecule has 5 atom stereocenters. The zero-order valence-corrected chi connectivity index (χ0v) is 24.8. The molecule has 13 heteroatoms. The first-order valence-electron chi connectivity index (χ1n) is 14.2. The SMILES string of the molecule is C=C(C)[C@]1(C(=O)[C@H](CC(C)C)NC(=O)CN2C(=O)[C@@H](NC(=O)[C@H](CCc3ccccc3)NC(=O)C(F)(F)F)CC2C)CO1. The number of nitrogens with zero attached hydrogens (tertiary/aromatic N) is 1. The number of ether oxygens (including phenoxy) is 1. The van der Waals surface area contributed by atoms with Crippen LogP contribution in [0.3, 0.4) is 0 Å². The van der Waals surface area contributed by atoms with Crippen molar-refractivity contribution in [3.05, 3.63) is 48.0 Å². The lowest BCUT2D eigenvalue weighted by atomic mass is 9.88. The Balaban J connectivity index is 1.65. The number of rotatable bonds is 14. The fourth-order valence-corrected chi connectivity index (χ4v) is 5.13. The molecular weight excluding hydrogens is 569 g/mol. The molecule has 236 valence electrons. The van der Waals surface area contributed by atoms with E-state index in [9.17, 15) is 37.1 Å². The van der Waals surface area contributed by atoms with Crippen LogP contribution in [0.5, 0.6) is 0 Å². The molecule has 4 amide bonds. The number of alkyl halides is 3. The number of carbonyl (C=O) groups excluding carboxylic acids is 5. The van der Waals surface area contributed by atoms with Crippen molar-refractivity contribution in [3.63, 3.8) is 0 Å². The van der Waals surface area contributed by atoms with Crippen molar-refractivity contribution in [1.82, 2.24) is 20.9 Å². The van der Waals surface area contributed by atoms with Gasteiger partial charge in [0.1, 0.15) is 12.1 Å². The third kappa shape index (κ3) is 8.65. The summed E-state index contributed by atoms with van der Waals surface area (Å²) in [5, 5.41) is 6.90.